The molecule has 1 atom stereocenters. The largest absolute Gasteiger partial charge is 0.366 e. The molecule has 1 aromatic carbocycles. The molecule has 3 aromatic rings. The Morgan fingerprint density at radius 3 is 3.00 bits per heavy atom. The van der Waals surface area contributed by atoms with Crippen molar-refractivity contribution in [1.82, 2.24) is 4.98 Å². The van der Waals surface area contributed by atoms with E-state index in [0.717, 1.165) is 13.0 Å². The van der Waals surface area contributed by atoms with E-state index in [0.29, 0.717) is 0 Å². The van der Waals surface area contributed by atoms with Crippen LogP contribution >= 0.6 is 11.3 Å². The molecule has 0 saturated heterocycles. The van der Waals surface area contributed by atoms with Gasteiger partial charge in [0.15, 0.2) is 0 Å². The summed E-state index contributed by atoms with van der Waals surface area (Å²) >= 11 is 1.76. The van der Waals surface area contributed by atoms with E-state index in [-0.39, 0.29) is 6.10 Å². The fraction of sp³-hybridized carbons (Fsp3) is 0.200. The Hall–Kier alpha value is -1.58. The highest BCUT2D eigenvalue weighted by atomic mass is 32.1. The normalized spacial score (nSPS) is 19.0. The van der Waals surface area contributed by atoms with Crippen LogP contribution in [-0.4, -0.2) is 11.6 Å². The smallest absolute Gasteiger partial charge is 0.132 e. The molecular formula is C15H13NOS. The summed E-state index contributed by atoms with van der Waals surface area (Å²) in [6, 6.07) is 12.7. The zero-order chi connectivity index (χ0) is 11.9. The second kappa shape index (κ2) is 3.97. The van der Waals surface area contributed by atoms with E-state index in [1.54, 1.807) is 11.3 Å². The van der Waals surface area contributed by atoms with Gasteiger partial charge in [-0.15, -0.1) is 11.3 Å². The number of hydrogen-bond donors (Lipinski definition) is 1. The molecule has 2 nitrogen and oxygen atoms in total. The third-order valence-electron chi connectivity index (χ3n) is 3.55. The van der Waals surface area contributed by atoms with Crippen molar-refractivity contribution in [3.8, 4) is 0 Å². The van der Waals surface area contributed by atoms with Gasteiger partial charge in [-0.2, -0.15) is 0 Å². The van der Waals surface area contributed by atoms with Crippen LogP contribution < -0.4 is 0 Å². The average Bonchev–Trinajstić information content (AvgIpc) is 3.05. The highest BCUT2D eigenvalue weighted by Gasteiger charge is 2.26. The highest BCUT2D eigenvalue weighted by Crippen LogP contribution is 2.37. The fourth-order valence-corrected chi connectivity index (χ4v) is 3.52. The van der Waals surface area contributed by atoms with E-state index < -0.39 is 0 Å². The molecule has 4 rings (SSSR count). The molecule has 3 heteroatoms. The summed E-state index contributed by atoms with van der Waals surface area (Å²) in [5, 5.41) is 3.45. The number of ether oxygens (including phenoxy) is 1. The van der Waals surface area contributed by atoms with Crippen molar-refractivity contribution in [3.05, 3.63) is 57.9 Å². The number of para-hydroxylation sites is 1. The number of fused-ring (bicyclic) bond motifs is 3. The number of H-pyrrole nitrogens is 1. The molecular weight excluding hydrogens is 242 g/mol. The average molecular weight is 255 g/mol. The van der Waals surface area contributed by atoms with Gasteiger partial charge < -0.3 is 9.72 Å². The maximum atomic E-state index is 5.96. The molecule has 0 spiro atoms. The van der Waals surface area contributed by atoms with Crippen LogP contribution in [0.5, 0.6) is 0 Å². The van der Waals surface area contributed by atoms with Crippen LogP contribution in [0.2, 0.25) is 0 Å². The Balaban J connectivity index is 1.94. The Kier molecular flexibility index (Phi) is 2.28. The van der Waals surface area contributed by atoms with Crippen molar-refractivity contribution < 1.29 is 4.74 Å². The summed E-state index contributed by atoms with van der Waals surface area (Å²) in [6.45, 7) is 0.803. The summed E-state index contributed by atoms with van der Waals surface area (Å²) in [5.74, 6) is 0. The number of aromatic amines is 1. The molecule has 3 heterocycles. The molecule has 0 bridgehead atoms. The Morgan fingerprint density at radius 2 is 2.11 bits per heavy atom. The van der Waals surface area contributed by atoms with E-state index in [9.17, 15) is 0 Å². The minimum atomic E-state index is 0.0844. The molecule has 0 unspecified atom stereocenters. The summed E-state index contributed by atoms with van der Waals surface area (Å²) in [4.78, 5) is 4.82. The zero-order valence-electron chi connectivity index (χ0n) is 9.85. The monoisotopic (exact) mass is 255 g/mol. The van der Waals surface area contributed by atoms with Gasteiger partial charge in [-0.05, 0) is 29.5 Å². The molecule has 0 aliphatic carbocycles. The highest BCUT2D eigenvalue weighted by molar-refractivity contribution is 7.10. The lowest BCUT2D eigenvalue weighted by Crippen LogP contribution is -2.15. The van der Waals surface area contributed by atoms with Gasteiger partial charge in [0.25, 0.3) is 0 Å². The van der Waals surface area contributed by atoms with Gasteiger partial charge in [-0.1, -0.05) is 24.3 Å². The van der Waals surface area contributed by atoms with E-state index in [1.165, 1.54) is 27.0 Å². The molecule has 1 N–H and O–H groups in total. The van der Waals surface area contributed by atoms with Crippen LogP contribution in [0.1, 0.15) is 22.2 Å². The van der Waals surface area contributed by atoms with E-state index in [2.05, 4.69) is 46.8 Å². The van der Waals surface area contributed by atoms with Gasteiger partial charge in [0, 0.05) is 15.8 Å². The van der Waals surface area contributed by atoms with Crippen molar-refractivity contribution in [3.63, 3.8) is 0 Å². The number of aromatic nitrogens is 1. The lowest BCUT2D eigenvalue weighted by molar-refractivity contribution is 0.0700. The molecule has 1 aliphatic heterocycles. The molecule has 0 fully saturated rings. The number of rotatable bonds is 1. The third-order valence-corrected chi connectivity index (χ3v) is 4.46. The second-order valence-electron chi connectivity index (χ2n) is 4.58. The Bertz CT molecular complexity index is 684. The molecule has 90 valence electrons. The van der Waals surface area contributed by atoms with Crippen molar-refractivity contribution >= 4 is 22.2 Å². The van der Waals surface area contributed by atoms with Gasteiger partial charge in [-0.3, -0.25) is 0 Å². The van der Waals surface area contributed by atoms with Crippen LogP contribution in [-0.2, 0) is 11.2 Å². The van der Waals surface area contributed by atoms with Crippen LogP contribution in [0.25, 0.3) is 10.9 Å². The molecule has 0 amide bonds. The number of hydrogen-bond acceptors (Lipinski definition) is 2. The first-order chi connectivity index (χ1) is 8.93. The molecule has 0 saturated carbocycles. The minimum Gasteiger partial charge on any atom is -0.366 e. The van der Waals surface area contributed by atoms with Crippen LogP contribution in [0.3, 0.4) is 0 Å². The molecule has 0 radical (unpaired) electrons. The summed E-state index contributed by atoms with van der Waals surface area (Å²) in [5.41, 5.74) is 3.88. The molecule has 18 heavy (non-hydrogen) atoms. The predicted molar refractivity (Wildman–Crippen MR) is 74.1 cm³/mol. The summed E-state index contributed by atoms with van der Waals surface area (Å²) in [6.07, 6.45) is 1.09. The van der Waals surface area contributed by atoms with Crippen molar-refractivity contribution in [2.24, 2.45) is 0 Å². The summed E-state index contributed by atoms with van der Waals surface area (Å²) < 4.78 is 5.96. The van der Waals surface area contributed by atoms with E-state index in [1.807, 2.05) is 0 Å². The first-order valence-corrected chi connectivity index (χ1v) is 7.06. The Labute approximate surface area is 109 Å². The van der Waals surface area contributed by atoms with Gasteiger partial charge >= 0.3 is 0 Å². The number of thiophene rings is 1. The SMILES string of the molecule is c1csc([C@@H]2OCCc3c2[nH]c2ccccc32)c1. The van der Waals surface area contributed by atoms with Crippen LogP contribution in [0.4, 0.5) is 0 Å². The third kappa shape index (κ3) is 1.44. The first kappa shape index (κ1) is 10.4. The van der Waals surface area contributed by atoms with Crippen molar-refractivity contribution in [1.29, 1.82) is 0 Å². The lowest BCUT2D eigenvalue weighted by atomic mass is 10.0. The fourth-order valence-electron chi connectivity index (χ4n) is 2.74. The van der Waals surface area contributed by atoms with Gasteiger partial charge in [0.05, 0.1) is 12.3 Å². The van der Waals surface area contributed by atoms with Crippen LogP contribution in [0.15, 0.2) is 41.8 Å². The van der Waals surface area contributed by atoms with Crippen LogP contribution in [0, 0.1) is 0 Å². The van der Waals surface area contributed by atoms with E-state index in [4.69, 9.17) is 4.74 Å². The Morgan fingerprint density at radius 1 is 1.17 bits per heavy atom. The number of nitrogens with one attached hydrogen (secondary N) is 1. The second-order valence-corrected chi connectivity index (χ2v) is 5.56. The molecule has 2 aromatic heterocycles. The molecule has 1 aliphatic rings. The number of benzene rings is 1. The standard InChI is InChI=1S/C15H13NOS/c1-2-5-12-10(4-1)11-7-8-17-15(14(11)16-12)13-6-3-9-18-13/h1-6,9,15-16H,7-8H2/t15-/m0/s1. The van der Waals surface area contributed by atoms with Gasteiger partial charge in [0.2, 0.25) is 0 Å². The zero-order valence-corrected chi connectivity index (χ0v) is 10.7. The van der Waals surface area contributed by atoms with Gasteiger partial charge in [0.1, 0.15) is 6.10 Å². The van der Waals surface area contributed by atoms with Crippen molar-refractivity contribution in [2.75, 3.05) is 6.61 Å². The maximum Gasteiger partial charge on any atom is 0.132 e. The summed E-state index contributed by atoms with van der Waals surface area (Å²) in [7, 11) is 0. The topological polar surface area (TPSA) is 25.0 Å². The first-order valence-electron chi connectivity index (χ1n) is 6.18. The lowest BCUT2D eigenvalue weighted by Gasteiger charge is -2.22. The quantitative estimate of drug-likeness (QED) is 0.701. The minimum absolute atomic E-state index is 0.0844. The van der Waals surface area contributed by atoms with Gasteiger partial charge in [-0.25, -0.2) is 0 Å². The van der Waals surface area contributed by atoms with E-state index >= 15 is 0 Å². The maximum absolute atomic E-state index is 5.96. The predicted octanol–water partition coefficient (Wildman–Crippen LogP) is 3.89. The van der Waals surface area contributed by atoms with Crippen molar-refractivity contribution in [2.45, 2.75) is 12.5 Å².